The number of carboxylic acid groups (broad SMARTS) is 1. The van der Waals surface area contributed by atoms with Crippen LogP contribution in [-0.2, 0) is 32.0 Å². The molecule has 0 spiro atoms. The smallest absolute Gasteiger partial charge is 0.326 e. The molecule has 4 unspecified atom stereocenters. The summed E-state index contributed by atoms with van der Waals surface area (Å²) in [5.74, 6) is -3.18. The van der Waals surface area contributed by atoms with Gasteiger partial charge in [-0.2, -0.15) is 12.6 Å². The zero-order chi connectivity index (χ0) is 28.5. The maximum absolute atomic E-state index is 13.4. The maximum atomic E-state index is 13.4. The number of amides is 3. The van der Waals surface area contributed by atoms with Crippen molar-refractivity contribution in [3.05, 3.63) is 71.9 Å². The highest BCUT2D eigenvalue weighted by atomic mass is 32.1. The summed E-state index contributed by atoms with van der Waals surface area (Å²) in [6.45, 7) is 3.51. The van der Waals surface area contributed by atoms with Crippen molar-refractivity contribution in [3.63, 3.8) is 0 Å². The van der Waals surface area contributed by atoms with Crippen LogP contribution in [0, 0.1) is 5.92 Å². The number of thiol groups is 1. The SMILES string of the molecule is CC(C)C(NC(=O)C(N)CS)C(=O)NC(Cc1ccccc1)C(=O)NC(Cc1c[nH]c2ccccc12)C(=O)O. The molecule has 0 bridgehead atoms. The predicted molar refractivity (Wildman–Crippen MR) is 152 cm³/mol. The highest BCUT2D eigenvalue weighted by Gasteiger charge is 2.32. The average Bonchev–Trinajstić information content (AvgIpc) is 3.33. The third-order valence-corrected chi connectivity index (χ3v) is 6.80. The molecule has 0 aliphatic rings. The number of para-hydroxylation sites is 1. The third-order valence-electron chi connectivity index (χ3n) is 6.41. The summed E-state index contributed by atoms with van der Waals surface area (Å²) in [5.41, 5.74) is 8.11. The van der Waals surface area contributed by atoms with Gasteiger partial charge in [-0.15, -0.1) is 0 Å². The van der Waals surface area contributed by atoms with E-state index in [0.29, 0.717) is 0 Å². The summed E-state index contributed by atoms with van der Waals surface area (Å²) in [6.07, 6.45) is 1.89. The molecule has 0 aliphatic heterocycles. The van der Waals surface area contributed by atoms with Gasteiger partial charge in [-0.25, -0.2) is 4.79 Å². The van der Waals surface area contributed by atoms with Crippen LogP contribution in [0.1, 0.15) is 25.0 Å². The number of hydrogen-bond donors (Lipinski definition) is 7. The van der Waals surface area contributed by atoms with E-state index in [1.807, 2.05) is 30.3 Å². The summed E-state index contributed by atoms with van der Waals surface area (Å²) < 4.78 is 0. The number of carbonyl (C=O) groups excluding carboxylic acids is 3. The first-order chi connectivity index (χ1) is 18.6. The van der Waals surface area contributed by atoms with Crippen molar-refractivity contribution in [2.24, 2.45) is 11.7 Å². The molecule has 39 heavy (non-hydrogen) atoms. The Balaban J connectivity index is 1.81. The van der Waals surface area contributed by atoms with Gasteiger partial charge in [0.2, 0.25) is 17.7 Å². The van der Waals surface area contributed by atoms with Crippen LogP contribution in [0.2, 0.25) is 0 Å². The molecule has 0 fully saturated rings. The minimum Gasteiger partial charge on any atom is -0.480 e. The van der Waals surface area contributed by atoms with E-state index in [0.717, 1.165) is 22.0 Å². The summed E-state index contributed by atoms with van der Waals surface area (Å²) in [6, 6.07) is 12.3. The van der Waals surface area contributed by atoms with E-state index >= 15 is 0 Å². The number of carboxylic acids is 1. The van der Waals surface area contributed by atoms with Gasteiger partial charge in [0.05, 0.1) is 6.04 Å². The van der Waals surface area contributed by atoms with Crippen molar-refractivity contribution in [1.82, 2.24) is 20.9 Å². The monoisotopic (exact) mass is 553 g/mol. The Morgan fingerprint density at radius 2 is 1.51 bits per heavy atom. The number of H-pyrrole nitrogens is 1. The minimum atomic E-state index is -1.24. The lowest BCUT2D eigenvalue weighted by molar-refractivity contribution is -0.142. The van der Waals surface area contributed by atoms with Gasteiger partial charge in [-0.1, -0.05) is 62.4 Å². The third kappa shape index (κ3) is 8.08. The first kappa shape index (κ1) is 29.7. The van der Waals surface area contributed by atoms with Crippen LogP contribution < -0.4 is 21.7 Å². The Hall–Kier alpha value is -3.83. The number of rotatable bonds is 13. The van der Waals surface area contributed by atoms with Gasteiger partial charge in [-0.3, -0.25) is 14.4 Å². The fourth-order valence-corrected chi connectivity index (χ4v) is 4.36. The molecule has 1 aromatic heterocycles. The van der Waals surface area contributed by atoms with Gasteiger partial charge >= 0.3 is 5.97 Å². The topological polar surface area (TPSA) is 166 Å². The van der Waals surface area contributed by atoms with Gasteiger partial charge in [-0.05, 0) is 23.1 Å². The Morgan fingerprint density at radius 1 is 0.872 bits per heavy atom. The van der Waals surface area contributed by atoms with Gasteiger partial charge in [0.25, 0.3) is 0 Å². The number of aromatic nitrogens is 1. The molecule has 208 valence electrons. The Morgan fingerprint density at radius 3 is 2.15 bits per heavy atom. The lowest BCUT2D eigenvalue weighted by Crippen LogP contribution is -2.59. The zero-order valence-corrected chi connectivity index (χ0v) is 22.8. The highest BCUT2D eigenvalue weighted by molar-refractivity contribution is 7.80. The molecule has 0 radical (unpaired) electrons. The second-order valence-corrected chi connectivity index (χ2v) is 10.1. The van der Waals surface area contributed by atoms with Gasteiger partial charge in [0.15, 0.2) is 0 Å². The quantitative estimate of drug-likeness (QED) is 0.158. The fourth-order valence-electron chi connectivity index (χ4n) is 4.19. The molecule has 1 heterocycles. The maximum Gasteiger partial charge on any atom is 0.326 e. The molecule has 0 saturated heterocycles. The molecule has 10 nitrogen and oxygen atoms in total. The first-order valence-electron chi connectivity index (χ1n) is 12.7. The van der Waals surface area contributed by atoms with E-state index in [1.165, 1.54) is 0 Å². The fraction of sp³-hybridized carbons (Fsp3) is 0.357. The van der Waals surface area contributed by atoms with Crippen molar-refractivity contribution in [2.75, 3.05) is 5.75 Å². The standard InChI is InChI=1S/C28H35N5O5S/c1-16(2)24(33-25(34)20(29)15-39)27(36)31-22(12-17-8-4-3-5-9-17)26(35)32-23(28(37)38)13-18-14-30-21-11-7-6-10-19(18)21/h3-11,14,16,20,22-24,30,39H,12-13,15,29H2,1-2H3,(H,31,36)(H,32,35)(H,33,34)(H,37,38). The summed E-state index contributed by atoms with van der Waals surface area (Å²) in [4.78, 5) is 54.3. The second-order valence-electron chi connectivity index (χ2n) is 9.73. The number of benzene rings is 2. The Labute approximate surface area is 232 Å². The number of nitrogens with one attached hydrogen (secondary N) is 4. The van der Waals surface area contributed by atoms with Crippen LogP contribution in [0.4, 0.5) is 0 Å². The predicted octanol–water partition coefficient (Wildman–Crippen LogP) is 1.41. The van der Waals surface area contributed by atoms with Gasteiger partial charge in [0, 0.05) is 35.7 Å². The largest absolute Gasteiger partial charge is 0.480 e. The normalized spacial score (nSPS) is 14.3. The van der Waals surface area contributed by atoms with Crippen molar-refractivity contribution in [1.29, 1.82) is 0 Å². The van der Waals surface area contributed by atoms with E-state index in [1.54, 1.807) is 44.3 Å². The molecular weight excluding hydrogens is 518 g/mol. The average molecular weight is 554 g/mol. The number of aromatic amines is 1. The molecule has 4 atom stereocenters. The number of nitrogens with two attached hydrogens (primary N) is 1. The van der Waals surface area contributed by atoms with Crippen molar-refractivity contribution >= 4 is 47.2 Å². The summed E-state index contributed by atoms with van der Waals surface area (Å²) in [5, 5.41) is 18.7. The lowest BCUT2D eigenvalue weighted by atomic mass is 10.00. The first-order valence-corrected chi connectivity index (χ1v) is 13.3. The van der Waals surface area contributed by atoms with Crippen LogP contribution in [0.15, 0.2) is 60.8 Å². The van der Waals surface area contributed by atoms with E-state index in [4.69, 9.17) is 5.73 Å². The molecular formula is C28H35N5O5S. The summed E-state index contributed by atoms with van der Waals surface area (Å²) >= 11 is 4.03. The van der Waals surface area contributed by atoms with E-state index in [9.17, 15) is 24.3 Å². The van der Waals surface area contributed by atoms with Gasteiger partial charge in [0.1, 0.15) is 18.1 Å². The summed E-state index contributed by atoms with van der Waals surface area (Å²) in [7, 11) is 0. The van der Waals surface area contributed by atoms with Crippen LogP contribution in [0.3, 0.4) is 0 Å². The van der Waals surface area contributed by atoms with Gasteiger partial charge < -0.3 is 31.8 Å². The van der Waals surface area contributed by atoms with Crippen molar-refractivity contribution < 1.29 is 24.3 Å². The Kier molecular flexibility index (Phi) is 10.5. The highest BCUT2D eigenvalue weighted by Crippen LogP contribution is 2.19. The molecule has 3 amide bonds. The second kappa shape index (κ2) is 13.8. The minimum absolute atomic E-state index is 0.0450. The van der Waals surface area contributed by atoms with E-state index in [2.05, 4.69) is 33.6 Å². The van der Waals surface area contributed by atoms with Crippen molar-refractivity contribution in [2.45, 2.75) is 50.9 Å². The molecule has 2 aromatic carbocycles. The molecule has 0 aliphatic carbocycles. The van der Waals surface area contributed by atoms with Crippen LogP contribution in [0.5, 0.6) is 0 Å². The Bertz CT molecular complexity index is 1300. The number of fused-ring (bicyclic) bond motifs is 1. The van der Waals surface area contributed by atoms with Crippen LogP contribution in [0.25, 0.3) is 10.9 Å². The van der Waals surface area contributed by atoms with Crippen LogP contribution >= 0.6 is 12.6 Å². The van der Waals surface area contributed by atoms with E-state index in [-0.39, 0.29) is 24.5 Å². The van der Waals surface area contributed by atoms with Crippen LogP contribution in [-0.4, -0.2) is 63.7 Å². The van der Waals surface area contributed by atoms with E-state index < -0.39 is 47.9 Å². The number of carbonyl (C=O) groups is 4. The number of hydrogen-bond acceptors (Lipinski definition) is 6. The lowest BCUT2D eigenvalue weighted by Gasteiger charge is -2.27. The molecule has 0 saturated carbocycles. The number of aliphatic carboxylic acids is 1. The van der Waals surface area contributed by atoms with Crippen molar-refractivity contribution in [3.8, 4) is 0 Å². The molecule has 3 aromatic rings. The zero-order valence-electron chi connectivity index (χ0n) is 21.9. The molecule has 7 N–H and O–H groups in total. The molecule has 3 rings (SSSR count). The molecule has 11 heteroatoms.